The lowest BCUT2D eigenvalue weighted by Crippen LogP contribution is -2.41. The van der Waals surface area contributed by atoms with E-state index >= 15 is 0 Å². The third-order valence-electron chi connectivity index (χ3n) is 4.23. The van der Waals surface area contributed by atoms with Crippen molar-refractivity contribution in [3.05, 3.63) is 24.2 Å². The highest BCUT2D eigenvalue weighted by Crippen LogP contribution is 2.38. The predicted molar refractivity (Wildman–Crippen MR) is 79.1 cm³/mol. The molecule has 19 heavy (non-hydrogen) atoms. The van der Waals surface area contributed by atoms with Crippen molar-refractivity contribution in [3.8, 4) is 0 Å². The van der Waals surface area contributed by atoms with Crippen LogP contribution in [0.2, 0.25) is 0 Å². The molecule has 0 unspecified atom stereocenters. The van der Waals surface area contributed by atoms with Gasteiger partial charge in [-0.2, -0.15) is 0 Å². The maximum atomic E-state index is 5.15. The van der Waals surface area contributed by atoms with E-state index in [9.17, 15) is 0 Å². The predicted octanol–water partition coefficient (Wildman–Crippen LogP) is 3.27. The Morgan fingerprint density at radius 2 is 2.16 bits per heavy atom. The van der Waals surface area contributed by atoms with E-state index in [1.54, 1.807) is 6.26 Å². The molecule has 2 rings (SSSR count). The van der Waals surface area contributed by atoms with Gasteiger partial charge in [0.1, 0.15) is 0 Å². The molecule has 0 bridgehead atoms. The van der Waals surface area contributed by atoms with Gasteiger partial charge in [0.25, 0.3) is 0 Å². The quantitative estimate of drug-likeness (QED) is 0.730. The summed E-state index contributed by atoms with van der Waals surface area (Å²) < 4.78 is 5.15. The van der Waals surface area contributed by atoms with E-state index in [0.29, 0.717) is 5.41 Å². The van der Waals surface area contributed by atoms with E-state index in [1.807, 2.05) is 6.26 Å². The van der Waals surface area contributed by atoms with Gasteiger partial charge in [-0.05, 0) is 44.3 Å². The van der Waals surface area contributed by atoms with Crippen molar-refractivity contribution in [2.45, 2.75) is 45.6 Å². The Balaban J connectivity index is 1.85. The molecule has 0 radical (unpaired) electrons. The third kappa shape index (κ3) is 4.36. The van der Waals surface area contributed by atoms with Gasteiger partial charge in [0.2, 0.25) is 0 Å². The first-order valence-corrected chi connectivity index (χ1v) is 7.64. The Morgan fingerprint density at radius 1 is 1.37 bits per heavy atom. The molecule has 1 heterocycles. The average Bonchev–Trinajstić information content (AvgIpc) is 3.02. The van der Waals surface area contributed by atoms with E-state index in [2.05, 4.69) is 30.3 Å². The van der Waals surface area contributed by atoms with Gasteiger partial charge in [0.05, 0.1) is 12.5 Å². The molecule has 1 fully saturated rings. The Bertz CT molecular complexity index is 342. The maximum absolute atomic E-state index is 5.15. The molecule has 1 aromatic heterocycles. The maximum Gasteiger partial charge on any atom is 0.0947 e. The molecule has 0 atom stereocenters. The van der Waals surface area contributed by atoms with E-state index in [-0.39, 0.29) is 0 Å². The van der Waals surface area contributed by atoms with Crippen LogP contribution in [0.3, 0.4) is 0 Å². The fourth-order valence-corrected chi connectivity index (χ4v) is 3.37. The van der Waals surface area contributed by atoms with Crippen molar-refractivity contribution in [2.75, 3.05) is 26.7 Å². The minimum Gasteiger partial charge on any atom is -0.472 e. The van der Waals surface area contributed by atoms with Crippen LogP contribution in [0.15, 0.2) is 23.0 Å². The number of furan rings is 1. The lowest BCUT2D eigenvalue weighted by molar-refractivity contribution is 0.167. The summed E-state index contributed by atoms with van der Waals surface area (Å²) in [7, 11) is 2.23. The standard InChI is InChI=1S/C16H28N2O/c1-3-9-17-13-16(7-4-5-8-16)14-18(2)11-15-6-10-19-12-15/h6,10,12,17H,3-5,7-9,11,13-14H2,1-2H3. The second kappa shape index (κ2) is 7.11. The molecule has 0 saturated heterocycles. The molecule has 3 heteroatoms. The molecule has 3 nitrogen and oxygen atoms in total. The zero-order chi connectivity index (χ0) is 13.6. The number of hydrogen-bond acceptors (Lipinski definition) is 3. The van der Waals surface area contributed by atoms with Gasteiger partial charge >= 0.3 is 0 Å². The van der Waals surface area contributed by atoms with Gasteiger partial charge in [-0.3, -0.25) is 0 Å². The van der Waals surface area contributed by atoms with Gasteiger partial charge in [0, 0.05) is 25.2 Å². The second-order valence-corrected chi connectivity index (χ2v) is 6.19. The lowest BCUT2D eigenvalue weighted by atomic mass is 9.85. The van der Waals surface area contributed by atoms with Crippen molar-refractivity contribution in [3.63, 3.8) is 0 Å². The van der Waals surface area contributed by atoms with Gasteiger partial charge in [-0.25, -0.2) is 0 Å². The molecule has 1 N–H and O–H groups in total. The molecule has 0 aliphatic heterocycles. The Morgan fingerprint density at radius 3 is 2.79 bits per heavy atom. The summed E-state index contributed by atoms with van der Waals surface area (Å²) in [5, 5.41) is 3.64. The first-order chi connectivity index (χ1) is 9.24. The van der Waals surface area contributed by atoms with Crippen LogP contribution < -0.4 is 5.32 Å². The summed E-state index contributed by atoms with van der Waals surface area (Å²) in [6, 6.07) is 2.06. The van der Waals surface area contributed by atoms with Crippen LogP contribution in [-0.2, 0) is 6.54 Å². The number of rotatable bonds is 8. The smallest absolute Gasteiger partial charge is 0.0947 e. The molecule has 1 saturated carbocycles. The molecular weight excluding hydrogens is 236 g/mol. The number of hydrogen-bond donors (Lipinski definition) is 1. The zero-order valence-electron chi connectivity index (χ0n) is 12.5. The van der Waals surface area contributed by atoms with E-state index < -0.39 is 0 Å². The summed E-state index contributed by atoms with van der Waals surface area (Å²) in [5.74, 6) is 0. The Hall–Kier alpha value is -0.800. The van der Waals surface area contributed by atoms with Crippen LogP contribution >= 0.6 is 0 Å². The van der Waals surface area contributed by atoms with Gasteiger partial charge in [-0.1, -0.05) is 19.8 Å². The lowest BCUT2D eigenvalue weighted by Gasteiger charge is -2.34. The normalized spacial score (nSPS) is 18.3. The minimum absolute atomic E-state index is 0.494. The van der Waals surface area contributed by atoms with Crippen molar-refractivity contribution in [2.24, 2.45) is 5.41 Å². The molecule has 1 aromatic rings. The first-order valence-electron chi connectivity index (χ1n) is 7.64. The van der Waals surface area contributed by atoms with Gasteiger partial charge in [0.15, 0.2) is 0 Å². The Labute approximate surface area is 117 Å². The number of nitrogens with one attached hydrogen (secondary N) is 1. The molecule has 0 spiro atoms. The van der Waals surface area contributed by atoms with Crippen molar-refractivity contribution in [1.82, 2.24) is 10.2 Å². The topological polar surface area (TPSA) is 28.4 Å². The molecule has 0 aromatic carbocycles. The SMILES string of the molecule is CCCNCC1(CN(C)Cc2ccoc2)CCCC1. The van der Waals surface area contributed by atoms with Gasteiger partial charge < -0.3 is 14.6 Å². The van der Waals surface area contributed by atoms with Crippen LogP contribution in [0.5, 0.6) is 0 Å². The van der Waals surface area contributed by atoms with Crippen LogP contribution in [-0.4, -0.2) is 31.6 Å². The fraction of sp³-hybridized carbons (Fsp3) is 0.750. The molecular formula is C16H28N2O. The van der Waals surface area contributed by atoms with Crippen LogP contribution in [0.4, 0.5) is 0 Å². The highest BCUT2D eigenvalue weighted by molar-refractivity contribution is 5.05. The highest BCUT2D eigenvalue weighted by atomic mass is 16.3. The van der Waals surface area contributed by atoms with Crippen LogP contribution in [0.25, 0.3) is 0 Å². The van der Waals surface area contributed by atoms with Crippen molar-refractivity contribution < 1.29 is 4.42 Å². The monoisotopic (exact) mass is 264 g/mol. The summed E-state index contributed by atoms with van der Waals surface area (Å²) in [4.78, 5) is 2.45. The van der Waals surface area contributed by atoms with E-state index in [1.165, 1.54) is 50.8 Å². The molecule has 1 aliphatic rings. The van der Waals surface area contributed by atoms with E-state index in [0.717, 1.165) is 13.1 Å². The second-order valence-electron chi connectivity index (χ2n) is 6.19. The van der Waals surface area contributed by atoms with Crippen LogP contribution in [0.1, 0.15) is 44.6 Å². The largest absolute Gasteiger partial charge is 0.472 e. The van der Waals surface area contributed by atoms with Crippen molar-refractivity contribution >= 4 is 0 Å². The minimum atomic E-state index is 0.494. The summed E-state index contributed by atoms with van der Waals surface area (Å²) in [6.07, 6.45) is 10.4. The summed E-state index contributed by atoms with van der Waals surface area (Å²) in [5.41, 5.74) is 1.77. The van der Waals surface area contributed by atoms with E-state index in [4.69, 9.17) is 4.42 Å². The highest BCUT2D eigenvalue weighted by Gasteiger charge is 2.34. The zero-order valence-corrected chi connectivity index (χ0v) is 12.5. The Kier molecular flexibility index (Phi) is 5.46. The fourth-order valence-electron chi connectivity index (χ4n) is 3.37. The number of nitrogens with zero attached hydrogens (tertiary/aromatic N) is 1. The molecule has 0 amide bonds. The summed E-state index contributed by atoms with van der Waals surface area (Å²) in [6.45, 7) is 6.74. The molecule has 1 aliphatic carbocycles. The average molecular weight is 264 g/mol. The van der Waals surface area contributed by atoms with Crippen LogP contribution in [0, 0.1) is 5.41 Å². The molecule has 108 valence electrons. The first kappa shape index (κ1) is 14.6. The third-order valence-corrected chi connectivity index (χ3v) is 4.23. The summed E-state index contributed by atoms with van der Waals surface area (Å²) >= 11 is 0. The van der Waals surface area contributed by atoms with Crippen molar-refractivity contribution in [1.29, 1.82) is 0 Å². The van der Waals surface area contributed by atoms with Gasteiger partial charge in [-0.15, -0.1) is 0 Å².